The highest BCUT2D eigenvalue weighted by Gasteiger charge is 2.18. The van der Waals surface area contributed by atoms with Crippen LogP contribution in [0.4, 0.5) is 0 Å². The second-order valence-corrected chi connectivity index (χ2v) is 8.32. The predicted molar refractivity (Wildman–Crippen MR) is 84.1 cm³/mol. The highest BCUT2D eigenvalue weighted by Crippen LogP contribution is 2.24. The van der Waals surface area contributed by atoms with E-state index in [-0.39, 0.29) is 11.3 Å². The van der Waals surface area contributed by atoms with Crippen molar-refractivity contribution in [1.82, 2.24) is 4.72 Å². The summed E-state index contributed by atoms with van der Waals surface area (Å²) in [4.78, 5) is 10.9. The molecule has 0 aliphatic carbocycles. The largest absolute Gasteiger partial charge is 0.478 e. The molecule has 0 aromatic heterocycles. The van der Waals surface area contributed by atoms with Gasteiger partial charge >= 0.3 is 5.97 Å². The van der Waals surface area contributed by atoms with Gasteiger partial charge in [-0.1, -0.05) is 18.6 Å². The molecule has 1 atom stereocenters. The number of hydrogen-bond acceptors (Lipinski definition) is 4. The van der Waals surface area contributed by atoms with Crippen LogP contribution in [0.3, 0.4) is 0 Å². The van der Waals surface area contributed by atoms with Crippen LogP contribution in [-0.2, 0) is 15.8 Å². The number of carboxylic acids is 1. The summed E-state index contributed by atoms with van der Waals surface area (Å²) in [5, 5.41) is 9.26. The summed E-state index contributed by atoms with van der Waals surface area (Å²) in [6, 6.07) is 6.04. The lowest BCUT2D eigenvalue weighted by Gasteiger charge is -2.21. The van der Waals surface area contributed by atoms with Gasteiger partial charge in [-0.15, -0.1) is 0 Å². The van der Waals surface area contributed by atoms with Crippen LogP contribution in [0.2, 0.25) is 0 Å². The zero-order valence-corrected chi connectivity index (χ0v) is 13.3. The molecule has 116 valence electrons. The lowest BCUT2D eigenvalue weighted by molar-refractivity contribution is 0.0696. The van der Waals surface area contributed by atoms with E-state index in [0.29, 0.717) is 17.4 Å². The van der Waals surface area contributed by atoms with Crippen molar-refractivity contribution >= 4 is 27.8 Å². The van der Waals surface area contributed by atoms with Crippen LogP contribution in [0, 0.1) is 0 Å². The summed E-state index contributed by atoms with van der Waals surface area (Å²) in [6.07, 6.45) is 3.40. The number of rotatable bonds is 6. The lowest BCUT2D eigenvalue weighted by Crippen LogP contribution is -2.32. The minimum atomic E-state index is -3.43. The molecule has 5 nitrogen and oxygen atoms in total. The minimum Gasteiger partial charge on any atom is -0.478 e. The molecule has 1 saturated heterocycles. The van der Waals surface area contributed by atoms with Gasteiger partial charge in [0.1, 0.15) is 0 Å². The number of aromatic carboxylic acids is 1. The molecule has 1 aliphatic rings. The molecule has 1 aromatic carbocycles. The number of benzene rings is 1. The maximum Gasteiger partial charge on any atom is 0.335 e. The molecule has 0 amide bonds. The molecule has 0 bridgehead atoms. The lowest BCUT2D eigenvalue weighted by atomic mass is 10.1. The highest BCUT2D eigenvalue weighted by molar-refractivity contribution is 8.00. The monoisotopic (exact) mass is 329 g/mol. The third-order valence-electron chi connectivity index (χ3n) is 3.34. The Morgan fingerprint density at radius 1 is 1.38 bits per heavy atom. The standard InChI is InChI=1S/C14H19NO4S2/c16-14(17)12-5-3-4-11(8-12)10-21(18,19)15-9-13-6-1-2-7-20-13/h3-5,8,13,15H,1-2,6-7,9-10H2,(H,16,17). The Labute approximate surface area is 129 Å². The summed E-state index contributed by atoms with van der Waals surface area (Å²) in [5.74, 6) is -0.153. The van der Waals surface area contributed by atoms with Gasteiger partial charge in [-0.25, -0.2) is 17.9 Å². The van der Waals surface area contributed by atoms with E-state index >= 15 is 0 Å². The number of hydrogen-bond donors (Lipinski definition) is 2. The fourth-order valence-electron chi connectivity index (χ4n) is 2.25. The number of sulfonamides is 1. The van der Waals surface area contributed by atoms with E-state index in [1.807, 2.05) is 11.8 Å². The first kappa shape index (κ1) is 16.3. The normalized spacial score (nSPS) is 19.3. The second kappa shape index (κ2) is 7.29. The van der Waals surface area contributed by atoms with Crippen LogP contribution >= 0.6 is 11.8 Å². The van der Waals surface area contributed by atoms with Crippen molar-refractivity contribution in [2.45, 2.75) is 30.3 Å². The molecule has 0 spiro atoms. The SMILES string of the molecule is O=C(O)c1cccc(CS(=O)(=O)NCC2CCCCS2)c1. The molecule has 2 rings (SSSR count). The van der Waals surface area contributed by atoms with E-state index in [1.165, 1.54) is 18.6 Å². The van der Waals surface area contributed by atoms with Gasteiger partial charge in [0.2, 0.25) is 10.0 Å². The van der Waals surface area contributed by atoms with Crippen molar-refractivity contribution in [3.8, 4) is 0 Å². The molecule has 1 fully saturated rings. The van der Waals surface area contributed by atoms with Gasteiger partial charge in [0.25, 0.3) is 0 Å². The van der Waals surface area contributed by atoms with E-state index < -0.39 is 16.0 Å². The molecule has 0 saturated carbocycles. The first-order valence-corrected chi connectivity index (χ1v) is 9.57. The Balaban J connectivity index is 1.93. The molecule has 2 N–H and O–H groups in total. The Morgan fingerprint density at radius 2 is 2.19 bits per heavy atom. The Kier molecular flexibility index (Phi) is 5.66. The average Bonchev–Trinajstić information content (AvgIpc) is 2.46. The van der Waals surface area contributed by atoms with Crippen LogP contribution in [0.5, 0.6) is 0 Å². The van der Waals surface area contributed by atoms with Gasteiger partial charge in [-0.05, 0) is 36.3 Å². The average molecular weight is 329 g/mol. The highest BCUT2D eigenvalue weighted by atomic mass is 32.2. The van der Waals surface area contributed by atoms with Crippen LogP contribution in [0.15, 0.2) is 24.3 Å². The van der Waals surface area contributed by atoms with Gasteiger partial charge in [0, 0.05) is 11.8 Å². The van der Waals surface area contributed by atoms with Crippen LogP contribution in [0.25, 0.3) is 0 Å². The summed E-state index contributed by atoms with van der Waals surface area (Å²) < 4.78 is 26.7. The minimum absolute atomic E-state index is 0.102. The van der Waals surface area contributed by atoms with E-state index in [1.54, 1.807) is 12.1 Å². The van der Waals surface area contributed by atoms with Crippen molar-refractivity contribution in [3.05, 3.63) is 35.4 Å². The number of nitrogens with one attached hydrogen (secondary N) is 1. The number of carboxylic acid groups (broad SMARTS) is 1. The second-order valence-electron chi connectivity index (χ2n) is 5.10. The quantitative estimate of drug-likeness (QED) is 0.835. The summed E-state index contributed by atoms with van der Waals surface area (Å²) in [5.41, 5.74) is 0.587. The van der Waals surface area contributed by atoms with Crippen molar-refractivity contribution < 1.29 is 18.3 Å². The first-order chi connectivity index (χ1) is 9.96. The van der Waals surface area contributed by atoms with E-state index in [9.17, 15) is 13.2 Å². The van der Waals surface area contributed by atoms with Gasteiger partial charge in [-0.2, -0.15) is 11.8 Å². The van der Waals surface area contributed by atoms with Gasteiger partial charge < -0.3 is 5.11 Å². The molecular formula is C14H19NO4S2. The zero-order chi connectivity index (χ0) is 15.3. The number of carbonyl (C=O) groups is 1. The molecule has 1 unspecified atom stereocenters. The Bertz CT molecular complexity index is 595. The predicted octanol–water partition coefficient (Wildman–Crippen LogP) is 2.09. The van der Waals surface area contributed by atoms with Crippen LogP contribution in [-0.4, -0.2) is 37.0 Å². The maximum atomic E-state index is 12.1. The molecule has 7 heteroatoms. The number of thioether (sulfide) groups is 1. The molecule has 1 aliphatic heterocycles. The summed E-state index contributed by atoms with van der Waals surface area (Å²) >= 11 is 1.81. The Morgan fingerprint density at radius 3 is 2.86 bits per heavy atom. The topological polar surface area (TPSA) is 83.5 Å². The van der Waals surface area contributed by atoms with Gasteiger partial charge in [-0.3, -0.25) is 0 Å². The molecular weight excluding hydrogens is 310 g/mol. The van der Waals surface area contributed by atoms with E-state index in [2.05, 4.69) is 4.72 Å². The van der Waals surface area contributed by atoms with Crippen molar-refractivity contribution in [1.29, 1.82) is 0 Å². The summed E-state index contributed by atoms with van der Waals surface area (Å²) in [6.45, 7) is 0.450. The first-order valence-electron chi connectivity index (χ1n) is 6.87. The van der Waals surface area contributed by atoms with Crippen LogP contribution in [0.1, 0.15) is 35.2 Å². The van der Waals surface area contributed by atoms with Gasteiger partial charge in [0.05, 0.1) is 11.3 Å². The van der Waals surface area contributed by atoms with Crippen LogP contribution < -0.4 is 4.72 Å². The zero-order valence-electron chi connectivity index (χ0n) is 11.6. The van der Waals surface area contributed by atoms with Crippen molar-refractivity contribution in [2.24, 2.45) is 0 Å². The maximum absolute atomic E-state index is 12.1. The molecule has 0 radical (unpaired) electrons. The third kappa shape index (κ3) is 5.33. The molecule has 1 heterocycles. The molecule has 1 aromatic rings. The fraction of sp³-hybridized carbons (Fsp3) is 0.500. The van der Waals surface area contributed by atoms with E-state index in [0.717, 1.165) is 18.6 Å². The van der Waals surface area contributed by atoms with E-state index in [4.69, 9.17) is 5.11 Å². The summed E-state index contributed by atoms with van der Waals surface area (Å²) in [7, 11) is -3.43. The fourth-order valence-corrected chi connectivity index (χ4v) is 4.77. The third-order valence-corrected chi connectivity index (χ3v) is 6.05. The van der Waals surface area contributed by atoms with Crippen molar-refractivity contribution in [2.75, 3.05) is 12.3 Å². The smallest absolute Gasteiger partial charge is 0.335 e. The molecule has 21 heavy (non-hydrogen) atoms. The van der Waals surface area contributed by atoms with Gasteiger partial charge in [0.15, 0.2) is 0 Å². The van der Waals surface area contributed by atoms with Crippen molar-refractivity contribution in [3.63, 3.8) is 0 Å². The Hall–Kier alpha value is -1.05.